The highest BCUT2D eigenvalue weighted by atomic mass is 127. The van der Waals surface area contributed by atoms with Crippen molar-refractivity contribution in [3.63, 3.8) is 0 Å². The molecule has 0 heterocycles. The first kappa shape index (κ1) is 16.5. The third-order valence-electron chi connectivity index (χ3n) is 3.40. The molecule has 5 heteroatoms. The molecule has 0 fully saturated rings. The molecule has 0 bridgehead atoms. The fraction of sp³-hybridized carbons (Fsp3) is 0.176. The Morgan fingerprint density at radius 2 is 1.86 bits per heavy atom. The third kappa shape index (κ3) is 3.65. The molecule has 4 nitrogen and oxygen atoms in total. The topological polar surface area (TPSA) is 63.4 Å². The normalized spacial score (nSPS) is 10.3. The minimum atomic E-state index is -0.468. The van der Waals surface area contributed by atoms with Crippen molar-refractivity contribution in [2.24, 2.45) is 5.73 Å². The van der Waals surface area contributed by atoms with Crippen molar-refractivity contribution in [3.8, 4) is 0 Å². The molecule has 0 spiro atoms. The number of rotatable bonds is 4. The summed E-state index contributed by atoms with van der Waals surface area (Å²) in [7, 11) is 1.75. The van der Waals surface area contributed by atoms with Crippen molar-refractivity contribution in [2.75, 3.05) is 7.05 Å². The zero-order chi connectivity index (χ0) is 16.3. The lowest BCUT2D eigenvalue weighted by Crippen LogP contribution is -2.27. The van der Waals surface area contributed by atoms with Gasteiger partial charge in [0.2, 0.25) is 5.91 Å². The molecular weight excluding hydrogens is 391 g/mol. The van der Waals surface area contributed by atoms with Crippen LogP contribution in [0, 0.1) is 10.5 Å². The highest BCUT2D eigenvalue weighted by molar-refractivity contribution is 14.1. The summed E-state index contributed by atoms with van der Waals surface area (Å²) in [5.41, 5.74) is 8.37. The molecule has 0 saturated carbocycles. The van der Waals surface area contributed by atoms with Gasteiger partial charge in [-0.15, -0.1) is 0 Å². The number of aryl methyl sites for hydroxylation is 1. The Balaban J connectivity index is 2.20. The smallest absolute Gasteiger partial charge is 0.254 e. The zero-order valence-corrected chi connectivity index (χ0v) is 14.6. The first-order chi connectivity index (χ1) is 10.4. The minimum Gasteiger partial charge on any atom is -0.366 e. The van der Waals surface area contributed by atoms with Gasteiger partial charge in [0, 0.05) is 22.7 Å². The molecule has 2 rings (SSSR count). The Bertz CT molecular complexity index is 728. The average Bonchev–Trinajstić information content (AvgIpc) is 2.49. The minimum absolute atomic E-state index is 0.0439. The van der Waals surface area contributed by atoms with Crippen LogP contribution in [-0.2, 0) is 6.54 Å². The maximum atomic E-state index is 12.6. The van der Waals surface area contributed by atoms with Crippen LogP contribution in [0.2, 0.25) is 0 Å². The Labute approximate surface area is 143 Å². The first-order valence-corrected chi connectivity index (χ1v) is 7.87. The van der Waals surface area contributed by atoms with Crippen molar-refractivity contribution in [2.45, 2.75) is 13.5 Å². The van der Waals surface area contributed by atoms with Crippen molar-refractivity contribution >= 4 is 34.4 Å². The van der Waals surface area contributed by atoms with Gasteiger partial charge in [-0.2, -0.15) is 0 Å². The fourth-order valence-corrected chi connectivity index (χ4v) is 2.78. The number of hydrogen-bond acceptors (Lipinski definition) is 2. The summed E-state index contributed by atoms with van der Waals surface area (Å²) >= 11 is 2.19. The van der Waals surface area contributed by atoms with E-state index in [2.05, 4.69) is 22.6 Å². The van der Waals surface area contributed by atoms with Crippen LogP contribution in [-0.4, -0.2) is 23.8 Å². The second-order valence-corrected chi connectivity index (χ2v) is 6.24. The number of carbonyl (C=O) groups excluding carboxylic acids is 2. The lowest BCUT2D eigenvalue weighted by Gasteiger charge is -2.19. The number of nitrogens with two attached hydrogens (primary N) is 1. The Morgan fingerprint density at radius 3 is 2.55 bits per heavy atom. The van der Waals surface area contributed by atoms with E-state index in [1.165, 1.54) is 0 Å². The van der Waals surface area contributed by atoms with Gasteiger partial charge in [-0.25, -0.2) is 0 Å². The van der Waals surface area contributed by atoms with Crippen molar-refractivity contribution in [3.05, 3.63) is 68.3 Å². The Hall–Kier alpha value is -1.89. The van der Waals surface area contributed by atoms with Gasteiger partial charge >= 0.3 is 0 Å². The second-order valence-electron chi connectivity index (χ2n) is 5.16. The van der Waals surface area contributed by atoms with Crippen LogP contribution in [0.5, 0.6) is 0 Å². The van der Waals surface area contributed by atoms with E-state index < -0.39 is 5.91 Å². The maximum absolute atomic E-state index is 12.6. The quantitative estimate of drug-likeness (QED) is 0.791. The van der Waals surface area contributed by atoms with Crippen LogP contribution in [0.15, 0.2) is 42.5 Å². The van der Waals surface area contributed by atoms with Crippen LogP contribution in [0.25, 0.3) is 0 Å². The Kier molecular flexibility index (Phi) is 5.18. The standard InChI is InChI=1S/C17H17IN2O2/c1-11-5-3-8-14(15(11)18)17(22)20(2)10-12-6-4-7-13(9-12)16(19)21/h3-9H,10H2,1-2H3,(H2,19,21). The summed E-state index contributed by atoms with van der Waals surface area (Å²) < 4.78 is 0.961. The highest BCUT2D eigenvalue weighted by Crippen LogP contribution is 2.19. The molecule has 0 aliphatic carbocycles. The summed E-state index contributed by atoms with van der Waals surface area (Å²) in [5.74, 6) is -0.512. The molecule has 2 N–H and O–H groups in total. The van der Waals surface area contributed by atoms with E-state index in [0.717, 1.165) is 14.7 Å². The van der Waals surface area contributed by atoms with E-state index in [9.17, 15) is 9.59 Å². The molecular formula is C17H17IN2O2. The van der Waals surface area contributed by atoms with Gasteiger partial charge in [0.25, 0.3) is 5.91 Å². The molecule has 0 aliphatic rings. The van der Waals surface area contributed by atoms with Gasteiger partial charge in [0.15, 0.2) is 0 Å². The lowest BCUT2D eigenvalue weighted by atomic mass is 10.1. The van der Waals surface area contributed by atoms with Gasteiger partial charge in [-0.3, -0.25) is 9.59 Å². The zero-order valence-electron chi connectivity index (χ0n) is 12.5. The summed E-state index contributed by atoms with van der Waals surface area (Å²) in [6.07, 6.45) is 0. The number of carbonyl (C=O) groups is 2. The van der Waals surface area contributed by atoms with E-state index in [4.69, 9.17) is 5.73 Å². The fourth-order valence-electron chi connectivity index (χ4n) is 2.19. The van der Waals surface area contributed by atoms with Crippen LogP contribution >= 0.6 is 22.6 Å². The van der Waals surface area contributed by atoms with E-state index in [0.29, 0.717) is 17.7 Å². The van der Waals surface area contributed by atoms with Crippen LogP contribution in [0.3, 0.4) is 0 Å². The number of primary amides is 1. The average molecular weight is 408 g/mol. The first-order valence-electron chi connectivity index (χ1n) is 6.79. The molecule has 2 aromatic carbocycles. The van der Waals surface area contributed by atoms with Gasteiger partial charge < -0.3 is 10.6 Å². The van der Waals surface area contributed by atoms with E-state index in [-0.39, 0.29) is 5.91 Å². The van der Waals surface area contributed by atoms with Crippen molar-refractivity contribution < 1.29 is 9.59 Å². The van der Waals surface area contributed by atoms with Crippen molar-refractivity contribution in [1.82, 2.24) is 4.90 Å². The maximum Gasteiger partial charge on any atom is 0.254 e. The summed E-state index contributed by atoms with van der Waals surface area (Å²) in [5, 5.41) is 0. The van der Waals surface area contributed by atoms with Gasteiger partial charge in [-0.1, -0.05) is 24.3 Å². The van der Waals surface area contributed by atoms with E-state index >= 15 is 0 Å². The third-order valence-corrected chi connectivity index (χ3v) is 4.83. The lowest BCUT2D eigenvalue weighted by molar-refractivity contribution is 0.0784. The molecule has 0 unspecified atom stereocenters. The predicted octanol–water partition coefficient (Wildman–Crippen LogP) is 2.97. The molecule has 0 aliphatic heterocycles. The molecule has 0 radical (unpaired) electrons. The molecule has 114 valence electrons. The molecule has 2 amide bonds. The van der Waals surface area contributed by atoms with Gasteiger partial charge in [0.1, 0.15) is 0 Å². The SMILES string of the molecule is Cc1cccc(C(=O)N(C)Cc2cccc(C(N)=O)c2)c1I. The number of hydrogen-bond donors (Lipinski definition) is 1. The predicted molar refractivity (Wildman–Crippen MR) is 94.7 cm³/mol. The largest absolute Gasteiger partial charge is 0.366 e. The van der Waals surface area contributed by atoms with Crippen LogP contribution in [0.1, 0.15) is 31.8 Å². The summed E-state index contributed by atoms with van der Waals surface area (Å²) in [6.45, 7) is 2.40. The number of benzene rings is 2. The van der Waals surface area contributed by atoms with Crippen LogP contribution in [0.4, 0.5) is 0 Å². The molecule has 0 saturated heterocycles. The number of amides is 2. The number of nitrogens with zero attached hydrogens (tertiary/aromatic N) is 1. The highest BCUT2D eigenvalue weighted by Gasteiger charge is 2.16. The summed E-state index contributed by atoms with van der Waals surface area (Å²) in [6, 6.07) is 12.7. The van der Waals surface area contributed by atoms with Crippen molar-refractivity contribution in [1.29, 1.82) is 0 Å². The van der Waals surface area contributed by atoms with Gasteiger partial charge in [0.05, 0.1) is 5.56 Å². The van der Waals surface area contributed by atoms with E-state index in [1.54, 1.807) is 30.1 Å². The molecule has 0 aromatic heterocycles. The molecule has 22 heavy (non-hydrogen) atoms. The second kappa shape index (κ2) is 6.91. The molecule has 0 atom stereocenters. The monoisotopic (exact) mass is 408 g/mol. The van der Waals surface area contributed by atoms with Gasteiger partial charge in [-0.05, 0) is 58.8 Å². The summed E-state index contributed by atoms with van der Waals surface area (Å²) in [4.78, 5) is 25.4. The Morgan fingerprint density at radius 1 is 1.18 bits per heavy atom. The molecule has 2 aromatic rings. The van der Waals surface area contributed by atoms with E-state index in [1.807, 2.05) is 31.2 Å². The number of halogens is 1. The van der Waals surface area contributed by atoms with Crippen LogP contribution < -0.4 is 5.73 Å².